The van der Waals surface area contributed by atoms with Crippen molar-refractivity contribution in [3.8, 4) is 0 Å². The predicted molar refractivity (Wildman–Crippen MR) is 167 cm³/mol. The predicted octanol–water partition coefficient (Wildman–Crippen LogP) is 11.7. The van der Waals surface area contributed by atoms with Crippen molar-refractivity contribution in [2.75, 3.05) is 0 Å². The van der Waals surface area contributed by atoms with Crippen LogP contribution >= 0.6 is 0 Å². The minimum Gasteiger partial charge on any atom is -0.481 e. The molecule has 0 spiro atoms. The number of esters is 1. The number of carbonyl (C=O) groups excluding carboxylic acids is 1. The van der Waals surface area contributed by atoms with Crippen LogP contribution in [0.15, 0.2) is 0 Å². The van der Waals surface area contributed by atoms with Gasteiger partial charge in [0.2, 0.25) is 0 Å². The van der Waals surface area contributed by atoms with Crippen molar-refractivity contribution in [1.29, 1.82) is 0 Å². The lowest BCUT2D eigenvalue weighted by atomic mass is 10.0. The van der Waals surface area contributed by atoms with Gasteiger partial charge < -0.3 is 9.84 Å². The maximum Gasteiger partial charge on any atom is 0.306 e. The molecule has 0 amide bonds. The van der Waals surface area contributed by atoms with E-state index < -0.39 is 5.97 Å². The van der Waals surface area contributed by atoms with E-state index in [0.717, 1.165) is 38.5 Å². The van der Waals surface area contributed by atoms with Crippen LogP contribution in [0.3, 0.4) is 0 Å². The summed E-state index contributed by atoms with van der Waals surface area (Å²) in [7, 11) is 0. The Labute approximate surface area is 243 Å². The Hall–Kier alpha value is -1.06. The topological polar surface area (TPSA) is 63.6 Å². The molecule has 4 heteroatoms. The zero-order chi connectivity index (χ0) is 28.7. The van der Waals surface area contributed by atoms with Crippen molar-refractivity contribution in [2.45, 2.75) is 213 Å². The summed E-state index contributed by atoms with van der Waals surface area (Å²) in [4.78, 5) is 22.6. The van der Waals surface area contributed by atoms with Crippen molar-refractivity contribution in [1.82, 2.24) is 0 Å². The van der Waals surface area contributed by atoms with Crippen LogP contribution in [-0.4, -0.2) is 23.1 Å². The first-order valence-electron chi connectivity index (χ1n) is 17.5. The molecular formula is C35H68O4. The minimum atomic E-state index is -0.668. The van der Waals surface area contributed by atoms with Gasteiger partial charge in [-0.05, 0) is 32.6 Å². The minimum absolute atomic E-state index is 0.00157. The van der Waals surface area contributed by atoms with Crippen LogP contribution in [0, 0.1) is 0 Å². The molecule has 0 saturated heterocycles. The first-order chi connectivity index (χ1) is 19.1. The normalized spacial score (nSPS) is 12.1. The largest absolute Gasteiger partial charge is 0.481 e. The molecule has 1 N–H and O–H groups in total. The number of carbonyl (C=O) groups is 2. The van der Waals surface area contributed by atoms with E-state index in [1.54, 1.807) is 0 Å². The van der Waals surface area contributed by atoms with E-state index in [-0.39, 0.29) is 12.1 Å². The van der Waals surface area contributed by atoms with Crippen LogP contribution in [0.1, 0.15) is 206 Å². The highest BCUT2D eigenvalue weighted by Gasteiger charge is 2.09. The molecule has 0 heterocycles. The summed E-state index contributed by atoms with van der Waals surface area (Å²) >= 11 is 0. The number of rotatable bonds is 32. The number of carboxylic acid groups (broad SMARTS) is 1. The van der Waals surface area contributed by atoms with Gasteiger partial charge in [-0.25, -0.2) is 0 Å². The molecule has 0 saturated carbocycles. The van der Waals surface area contributed by atoms with Gasteiger partial charge in [0.25, 0.3) is 0 Å². The number of ether oxygens (including phenoxy) is 1. The SMILES string of the molecule is CCCCCCCCCCCCCCCCC(=O)OC(C)CCCCCCCCCCCCCCCC(=O)O. The Kier molecular flexibility index (Phi) is 30.6. The van der Waals surface area contributed by atoms with Crippen molar-refractivity contribution < 1.29 is 19.4 Å². The third-order valence-electron chi connectivity index (χ3n) is 8.07. The zero-order valence-electron chi connectivity index (χ0n) is 26.5. The van der Waals surface area contributed by atoms with Crippen LogP contribution in [0.25, 0.3) is 0 Å². The maximum atomic E-state index is 12.1. The van der Waals surface area contributed by atoms with E-state index in [1.807, 2.05) is 0 Å². The van der Waals surface area contributed by atoms with Gasteiger partial charge in [-0.3, -0.25) is 9.59 Å². The lowest BCUT2D eigenvalue weighted by Crippen LogP contribution is -2.14. The second-order valence-corrected chi connectivity index (χ2v) is 12.2. The smallest absolute Gasteiger partial charge is 0.306 e. The maximum absolute atomic E-state index is 12.1. The third kappa shape index (κ3) is 33.0. The number of aliphatic carboxylic acids is 1. The quantitative estimate of drug-likeness (QED) is 0.0665. The van der Waals surface area contributed by atoms with Gasteiger partial charge in [0.1, 0.15) is 0 Å². The molecule has 0 aliphatic carbocycles. The highest BCUT2D eigenvalue weighted by molar-refractivity contribution is 5.69. The van der Waals surface area contributed by atoms with Crippen molar-refractivity contribution >= 4 is 11.9 Å². The summed E-state index contributed by atoms with van der Waals surface area (Å²) in [5.74, 6) is -0.666. The van der Waals surface area contributed by atoms with Gasteiger partial charge in [0.15, 0.2) is 0 Å². The Bertz CT molecular complexity index is 519. The van der Waals surface area contributed by atoms with Gasteiger partial charge >= 0.3 is 11.9 Å². The molecule has 0 aromatic rings. The molecule has 39 heavy (non-hydrogen) atoms. The number of carboxylic acids is 1. The van der Waals surface area contributed by atoms with Gasteiger partial charge in [-0.2, -0.15) is 0 Å². The molecule has 0 bridgehead atoms. The summed E-state index contributed by atoms with van der Waals surface area (Å²) in [6, 6.07) is 0. The fourth-order valence-corrected chi connectivity index (χ4v) is 5.46. The summed E-state index contributed by atoms with van der Waals surface area (Å²) in [5.41, 5.74) is 0. The van der Waals surface area contributed by atoms with E-state index in [1.165, 1.54) is 141 Å². The van der Waals surface area contributed by atoms with E-state index in [4.69, 9.17) is 9.84 Å². The fourth-order valence-electron chi connectivity index (χ4n) is 5.46. The van der Waals surface area contributed by atoms with Gasteiger partial charge in [-0.1, -0.05) is 161 Å². The van der Waals surface area contributed by atoms with Crippen LogP contribution in [0.4, 0.5) is 0 Å². The second-order valence-electron chi connectivity index (χ2n) is 12.2. The number of hydrogen-bond acceptors (Lipinski definition) is 3. The third-order valence-corrected chi connectivity index (χ3v) is 8.07. The van der Waals surface area contributed by atoms with Crippen LogP contribution in [0.5, 0.6) is 0 Å². The Morgan fingerprint density at radius 3 is 1.15 bits per heavy atom. The second kappa shape index (κ2) is 31.5. The molecule has 0 radical (unpaired) electrons. The molecule has 0 aliphatic rings. The monoisotopic (exact) mass is 553 g/mol. The summed E-state index contributed by atoms with van der Waals surface area (Å²) < 4.78 is 5.62. The molecular weight excluding hydrogens is 484 g/mol. The molecule has 232 valence electrons. The standard InChI is InChI=1S/C35H68O4/c1-3-4-5-6-7-8-9-10-14-17-20-23-26-29-32-35(38)39-33(2)30-27-24-21-18-15-12-11-13-16-19-22-25-28-31-34(36)37/h33H,3-32H2,1-2H3,(H,36,37). The van der Waals surface area contributed by atoms with Gasteiger partial charge in [0, 0.05) is 12.8 Å². The molecule has 1 unspecified atom stereocenters. The highest BCUT2D eigenvalue weighted by atomic mass is 16.5. The van der Waals surface area contributed by atoms with E-state index in [0.29, 0.717) is 12.8 Å². The molecule has 4 nitrogen and oxygen atoms in total. The molecule has 0 aromatic carbocycles. The lowest BCUT2D eigenvalue weighted by molar-refractivity contribution is -0.148. The zero-order valence-corrected chi connectivity index (χ0v) is 26.5. The summed E-state index contributed by atoms with van der Waals surface area (Å²) in [6.45, 7) is 4.33. The van der Waals surface area contributed by atoms with Crippen LogP contribution < -0.4 is 0 Å². The molecule has 0 fully saturated rings. The average molecular weight is 553 g/mol. The Morgan fingerprint density at radius 1 is 0.487 bits per heavy atom. The first kappa shape index (κ1) is 37.9. The number of unbranched alkanes of at least 4 members (excludes halogenated alkanes) is 25. The molecule has 0 aliphatic heterocycles. The van der Waals surface area contributed by atoms with Crippen molar-refractivity contribution in [3.05, 3.63) is 0 Å². The van der Waals surface area contributed by atoms with Gasteiger partial charge in [0.05, 0.1) is 6.10 Å². The first-order valence-corrected chi connectivity index (χ1v) is 17.5. The Morgan fingerprint density at radius 2 is 0.795 bits per heavy atom. The summed E-state index contributed by atoms with van der Waals surface area (Å²) in [5, 5.41) is 8.63. The van der Waals surface area contributed by atoms with Crippen molar-refractivity contribution in [3.63, 3.8) is 0 Å². The molecule has 0 rings (SSSR count). The van der Waals surface area contributed by atoms with Gasteiger partial charge in [-0.15, -0.1) is 0 Å². The van der Waals surface area contributed by atoms with Crippen LogP contribution in [0.2, 0.25) is 0 Å². The summed E-state index contributed by atoms with van der Waals surface area (Å²) in [6.07, 6.45) is 36.7. The lowest BCUT2D eigenvalue weighted by Gasteiger charge is -2.13. The van der Waals surface area contributed by atoms with Crippen LogP contribution in [-0.2, 0) is 14.3 Å². The van der Waals surface area contributed by atoms with E-state index in [9.17, 15) is 9.59 Å². The molecule has 1 atom stereocenters. The average Bonchev–Trinajstić information content (AvgIpc) is 2.90. The number of hydrogen-bond donors (Lipinski definition) is 1. The fraction of sp³-hybridized carbons (Fsp3) is 0.943. The van der Waals surface area contributed by atoms with Crippen molar-refractivity contribution in [2.24, 2.45) is 0 Å². The van der Waals surface area contributed by atoms with E-state index >= 15 is 0 Å². The Balaban J connectivity index is 3.28. The highest BCUT2D eigenvalue weighted by Crippen LogP contribution is 2.16. The van der Waals surface area contributed by atoms with E-state index in [2.05, 4.69) is 13.8 Å². The molecule has 0 aromatic heterocycles.